The van der Waals surface area contributed by atoms with Gasteiger partial charge in [0.15, 0.2) is 5.96 Å². The first-order valence-corrected chi connectivity index (χ1v) is 12.0. The molecule has 2 unspecified atom stereocenters. The van der Waals surface area contributed by atoms with E-state index >= 15 is 0 Å². The first-order chi connectivity index (χ1) is 14.3. The maximum Gasteiger partial charge on any atom is 0.191 e. The van der Waals surface area contributed by atoms with Gasteiger partial charge in [0.2, 0.25) is 0 Å². The van der Waals surface area contributed by atoms with Gasteiger partial charge in [0, 0.05) is 44.3 Å². The third kappa shape index (κ3) is 6.21. The lowest BCUT2D eigenvalue weighted by molar-refractivity contribution is -0.0453. The number of fused-ring (bicyclic) bond motifs is 1. The maximum atomic E-state index is 6.12. The average Bonchev–Trinajstić information content (AvgIpc) is 3.25. The predicted octanol–water partition coefficient (Wildman–Crippen LogP) is 2.06. The lowest BCUT2D eigenvalue weighted by Gasteiger charge is -2.47. The number of halogens is 1. The third-order valence-electron chi connectivity index (χ3n) is 7.30. The van der Waals surface area contributed by atoms with Crippen LogP contribution in [0.25, 0.3) is 0 Å². The Morgan fingerprint density at radius 3 is 2.63 bits per heavy atom. The number of ether oxygens (including phenoxy) is 2. The summed E-state index contributed by atoms with van der Waals surface area (Å²) in [5.41, 5.74) is 0.217. The molecule has 1 aliphatic carbocycles. The van der Waals surface area contributed by atoms with E-state index in [4.69, 9.17) is 14.5 Å². The molecule has 0 aromatic rings. The van der Waals surface area contributed by atoms with E-state index in [1.165, 1.54) is 51.5 Å². The summed E-state index contributed by atoms with van der Waals surface area (Å²) in [7, 11) is 0. The van der Waals surface area contributed by atoms with Crippen LogP contribution in [0.5, 0.6) is 0 Å². The zero-order valence-corrected chi connectivity index (χ0v) is 21.1. The van der Waals surface area contributed by atoms with Crippen LogP contribution >= 0.6 is 24.0 Å². The highest BCUT2D eigenvalue weighted by Crippen LogP contribution is 2.34. The van der Waals surface area contributed by atoms with Crippen LogP contribution in [0.3, 0.4) is 0 Å². The van der Waals surface area contributed by atoms with E-state index < -0.39 is 0 Å². The normalized spacial score (nSPS) is 30.4. The molecule has 4 fully saturated rings. The van der Waals surface area contributed by atoms with Gasteiger partial charge in [-0.25, -0.2) is 0 Å². The standard InChI is InChI=1S/C22H41N5O2.HI/c1-2-23-21(24-15-20-16-26-10-6-7-19(26)17-29-20)25-18-22(8-4-3-5-9-22)27-11-13-28-14-12-27;/h19-20H,2-18H2,1H3,(H2,23,24,25);1H. The fourth-order valence-corrected chi connectivity index (χ4v) is 5.61. The van der Waals surface area contributed by atoms with E-state index in [1.807, 2.05) is 0 Å². The lowest BCUT2D eigenvalue weighted by Crippen LogP contribution is -2.57. The van der Waals surface area contributed by atoms with Crippen molar-refractivity contribution in [1.82, 2.24) is 20.4 Å². The van der Waals surface area contributed by atoms with Gasteiger partial charge in [-0.15, -0.1) is 24.0 Å². The minimum atomic E-state index is 0. The lowest BCUT2D eigenvalue weighted by atomic mass is 9.80. The summed E-state index contributed by atoms with van der Waals surface area (Å²) in [5.74, 6) is 0.942. The highest BCUT2D eigenvalue weighted by atomic mass is 127. The fourth-order valence-electron chi connectivity index (χ4n) is 5.61. The molecule has 0 spiro atoms. The number of morpholine rings is 2. The van der Waals surface area contributed by atoms with Gasteiger partial charge in [0.05, 0.1) is 32.5 Å². The highest BCUT2D eigenvalue weighted by Gasteiger charge is 2.38. The Morgan fingerprint density at radius 2 is 1.87 bits per heavy atom. The first kappa shape index (κ1) is 24.5. The van der Waals surface area contributed by atoms with Crippen LogP contribution in [0.4, 0.5) is 0 Å². The van der Waals surface area contributed by atoms with Gasteiger partial charge in [-0.1, -0.05) is 19.3 Å². The molecule has 0 aromatic heterocycles. The summed E-state index contributed by atoms with van der Waals surface area (Å²) in [4.78, 5) is 10.4. The van der Waals surface area contributed by atoms with Gasteiger partial charge < -0.3 is 20.1 Å². The SMILES string of the molecule is CCNC(=NCC1(N2CCOCC2)CCCCC1)NCC1CN2CCCC2CO1.I. The van der Waals surface area contributed by atoms with E-state index in [0.29, 0.717) is 6.04 Å². The maximum absolute atomic E-state index is 6.12. The Labute approximate surface area is 199 Å². The molecule has 0 radical (unpaired) electrons. The van der Waals surface area contributed by atoms with Gasteiger partial charge >= 0.3 is 0 Å². The predicted molar refractivity (Wildman–Crippen MR) is 132 cm³/mol. The second-order valence-electron chi connectivity index (χ2n) is 9.21. The van der Waals surface area contributed by atoms with Crippen molar-refractivity contribution in [2.24, 2.45) is 4.99 Å². The van der Waals surface area contributed by atoms with E-state index in [9.17, 15) is 0 Å². The molecule has 4 rings (SSSR count). The molecule has 3 saturated heterocycles. The van der Waals surface area contributed by atoms with Crippen LogP contribution in [-0.4, -0.2) is 99.1 Å². The smallest absolute Gasteiger partial charge is 0.191 e. The zero-order chi connectivity index (χ0) is 19.9. The number of nitrogens with one attached hydrogen (secondary N) is 2. The summed E-state index contributed by atoms with van der Waals surface area (Å²) >= 11 is 0. The molecular weight excluding hydrogens is 493 g/mol. The van der Waals surface area contributed by atoms with Crippen LogP contribution in [0.15, 0.2) is 4.99 Å². The van der Waals surface area contributed by atoms with Gasteiger partial charge in [0.25, 0.3) is 0 Å². The molecule has 7 nitrogen and oxygen atoms in total. The molecule has 2 atom stereocenters. The monoisotopic (exact) mass is 535 g/mol. The summed E-state index contributed by atoms with van der Waals surface area (Å²) in [6.07, 6.45) is 9.42. The van der Waals surface area contributed by atoms with Crippen molar-refractivity contribution in [3.8, 4) is 0 Å². The topological polar surface area (TPSA) is 61.4 Å². The third-order valence-corrected chi connectivity index (χ3v) is 7.30. The number of guanidine groups is 1. The van der Waals surface area contributed by atoms with Crippen molar-refractivity contribution in [2.75, 3.05) is 65.6 Å². The molecule has 4 aliphatic rings. The quantitative estimate of drug-likeness (QED) is 0.309. The molecule has 8 heteroatoms. The van der Waals surface area contributed by atoms with Gasteiger partial charge in [-0.2, -0.15) is 0 Å². The van der Waals surface area contributed by atoms with Crippen LogP contribution in [-0.2, 0) is 9.47 Å². The Hall–Kier alpha value is -0.160. The summed E-state index contributed by atoms with van der Waals surface area (Å²) in [6, 6.07) is 0.660. The summed E-state index contributed by atoms with van der Waals surface area (Å²) in [5, 5.41) is 7.03. The van der Waals surface area contributed by atoms with Gasteiger partial charge in [-0.05, 0) is 39.2 Å². The fraction of sp³-hybridized carbons (Fsp3) is 0.955. The van der Waals surface area contributed by atoms with Crippen molar-refractivity contribution < 1.29 is 9.47 Å². The van der Waals surface area contributed by atoms with Crippen LogP contribution in [0.1, 0.15) is 51.9 Å². The number of hydrogen-bond acceptors (Lipinski definition) is 5. The Bertz CT molecular complexity index is 538. The van der Waals surface area contributed by atoms with E-state index in [1.54, 1.807) is 0 Å². The van der Waals surface area contributed by atoms with Gasteiger partial charge in [0.1, 0.15) is 0 Å². The second kappa shape index (κ2) is 12.2. The molecule has 0 amide bonds. The number of rotatable bonds is 6. The van der Waals surface area contributed by atoms with E-state index in [0.717, 1.165) is 65.0 Å². The highest BCUT2D eigenvalue weighted by molar-refractivity contribution is 14.0. The molecule has 3 aliphatic heterocycles. The molecule has 1 saturated carbocycles. The number of nitrogens with zero attached hydrogens (tertiary/aromatic N) is 3. The molecule has 0 aromatic carbocycles. The van der Waals surface area contributed by atoms with E-state index in [2.05, 4.69) is 27.4 Å². The average molecular weight is 536 g/mol. The molecule has 0 bridgehead atoms. The largest absolute Gasteiger partial charge is 0.379 e. The van der Waals surface area contributed by atoms with Crippen molar-refractivity contribution in [2.45, 2.75) is 69.6 Å². The van der Waals surface area contributed by atoms with Crippen molar-refractivity contribution in [3.63, 3.8) is 0 Å². The minimum Gasteiger partial charge on any atom is -0.379 e. The molecular formula is C22H42IN5O2. The number of aliphatic imine (C=N–C) groups is 1. The summed E-state index contributed by atoms with van der Waals surface area (Å²) < 4.78 is 11.7. The number of hydrogen-bond donors (Lipinski definition) is 2. The Kier molecular flexibility index (Phi) is 9.94. The summed E-state index contributed by atoms with van der Waals surface area (Å²) in [6.45, 7) is 11.7. The van der Waals surface area contributed by atoms with Crippen molar-refractivity contribution in [3.05, 3.63) is 0 Å². The first-order valence-electron chi connectivity index (χ1n) is 12.0. The van der Waals surface area contributed by atoms with Crippen LogP contribution in [0, 0.1) is 0 Å². The second-order valence-corrected chi connectivity index (χ2v) is 9.21. The van der Waals surface area contributed by atoms with Gasteiger partial charge in [-0.3, -0.25) is 14.8 Å². The van der Waals surface area contributed by atoms with Crippen LogP contribution < -0.4 is 10.6 Å². The van der Waals surface area contributed by atoms with E-state index in [-0.39, 0.29) is 35.6 Å². The zero-order valence-electron chi connectivity index (χ0n) is 18.7. The minimum absolute atomic E-state index is 0. The van der Waals surface area contributed by atoms with Crippen LogP contribution in [0.2, 0.25) is 0 Å². The molecule has 3 heterocycles. The van der Waals surface area contributed by atoms with Crippen molar-refractivity contribution >= 4 is 29.9 Å². The molecule has 174 valence electrons. The Morgan fingerprint density at radius 1 is 1.07 bits per heavy atom. The Balaban J connectivity index is 0.00000256. The molecule has 2 N–H and O–H groups in total. The molecule has 30 heavy (non-hydrogen) atoms. The van der Waals surface area contributed by atoms with Crippen molar-refractivity contribution in [1.29, 1.82) is 0 Å².